The molecule has 106 valence electrons. The first-order valence-corrected chi connectivity index (χ1v) is 8.87. The Bertz CT molecular complexity index is 527. The van der Waals surface area contributed by atoms with E-state index >= 15 is 0 Å². The highest BCUT2D eigenvalue weighted by Gasteiger charge is 2.33. The van der Waals surface area contributed by atoms with Gasteiger partial charge in [-0.05, 0) is 54.1 Å². The molecule has 0 unspecified atom stereocenters. The highest BCUT2D eigenvalue weighted by Crippen LogP contribution is 2.27. The molecule has 1 N–H and O–H groups in total. The van der Waals surface area contributed by atoms with Gasteiger partial charge in [0, 0.05) is 9.49 Å². The summed E-state index contributed by atoms with van der Waals surface area (Å²) in [5.74, 6) is 0.0884. The van der Waals surface area contributed by atoms with E-state index < -0.39 is 15.3 Å². The maximum absolute atomic E-state index is 11.9. The van der Waals surface area contributed by atoms with Crippen molar-refractivity contribution < 1.29 is 13.2 Å². The lowest BCUT2D eigenvalue weighted by Gasteiger charge is -2.20. The number of hydrogen-bond donors (Lipinski definition) is 1. The molecule has 1 saturated heterocycles. The second kappa shape index (κ2) is 6.07. The molecule has 0 saturated carbocycles. The van der Waals surface area contributed by atoms with Crippen LogP contribution in [0.2, 0.25) is 0 Å². The van der Waals surface area contributed by atoms with Crippen LogP contribution in [0.25, 0.3) is 0 Å². The Morgan fingerprint density at radius 1 is 1.26 bits per heavy atom. The van der Waals surface area contributed by atoms with Gasteiger partial charge in [0.25, 0.3) is 0 Å². The first-order valence-electron chi connectivity index (χ1n) is 6.24. The van der Waals surface area contributed by atoms with Crippen molar-refractivity contribution in [1.29, 1.82) is 0 Å². The van der Waals surface area contributed by atoms with Crippen molar-refractivity contribution in [1.82, 2.24) is 4.72 Å². The van der Waals surface area contributed by atoms with Gasteiger partial charge in [0.15, 0.2) is 0 Å². The molecule has 1 fully saturated rings. The summed E-state index contributed by atoms with van der Waals surface area (Å²) >= 11 is 2.25. The normalized spacial score (nSPS) is 24.0. The molecule has 1 heterocycles. The molecule has 1 aromatic rings. The predicted molar refractivity (Wildman–Crippen MR) is 83.7 cm³/mol. The molecule has 0 aliphatic carbocycles. The second-order valence-corrected chi connectivity index (χ2v) is 8.53. The highest BCUT2D eigenvalue weighted by atomic mass is 127. The standard InChI is InChI=1S/C13H18INO3S/c1-9(2)19(16,17)15-13-8-18-7-12(13)10-3-5-11(14)6-4-10/h3-6,9,12-13,15H,7-8H2,1-2H3/t12-,13-/m0/s1. The van der Waals surface area contributed by atoms with Gasteiger partial charge in [-0.1, -0.05) is 12.1 Å². The molecule has 0 bridgehead atoms. The quantitative estimate of drug-likeness (QED) is 0.795. The molecule has 1 aliphatic heterocycles. The maximum Gasteiger partial charge on any atom is 0.214 e. The van der Waals surface area contributed by atoms with Crippen molar-refractivity contribution in [2.24, 2.45) is 0 Å². The Morgan fingerprint density at radius 2 is 1.89 bits per heavy atom. The van der Waals surface area contributed by atoms with E-state index in [0.29, 0.717) is 13.2 Å². The van der Waals surface area contributed by atoms with E-state index in [-0.39, 0.29) is 12.0 Å². The summed E-state index contributed by atoms with van der Waals surface area (Å²) in [6.07, 6.45) is 0. The Hall–Kier alpha value is -0.180. The zero-order valence-electron chi connectivity index (χ0n) is 11.0. The van der Waals surface area contributed by atoms with Crippen molar-refractivity contribution >= 4 is 32.6 Å². The molecule has 6 heteroatoms. The Balaban J connectivity index is 2.15. The molecular formula is C13H18INO3S. The van der Waals surface area contributed by atoms with Gasteiger partial charge in [-0.2, -0.15) is 0 Å². The number of halogens is 1. The Kier molecular flexibility index (Phi) is 4.86. The average molecular weight is 395 g/mol. The Labute approximate surface area is 128 Å². The summed E-state index contributed by atoms with van der Waals surface area (Å²) in [6.45, 7) is 4.35. The van der Waals surface area contributed by atoms with Crippen molar-refractivity contribution in [2.75, 3.05) is 13.2 Å². The Morgan fingerprint density at radius 3 is 2.47 bits per heavy atom. The van der Waals surface area contributed by atoms with Gasteiger partial charge >= 0.3 is 0 Å². The number of nitrogens with one attached hydrogen (secondary N) is 1. The molecule has 2 rings (SSSR count). The number of ether oxygens (including phenoxy) is 1. The van der Waals surface area contributed by atoms with Gasteiger partial charge in [-0.25, -0.2) is 13.1 Å². The topological polar surface area (TPSA) is 55.4 Å². The van der Waals surface area contributed by atoms with E-state index in [9.17, 15) is 8.42 Å². The van der Waals surface area contributed by atoms with Crippen LogP contribution in [0.3, 0.4) is 0 Å². The van der Waals surface area contributed by atoms with E-state index in [1.807, 2.05) is 24.3 Å². The van der Waals surface area contributed by atoms with Crippen LogP contribution in [0.15, 0.2) is 24.3 Å². The second-order valence-electron chi connectivity index (χ2n) is 5.01. The highest BCUT2D eigenvalue weighted by molar-refractivity contribution is 14.1. The van der Waals surface area contributed by atoms with Crippen LogP contribution < -0.4 is 4.72 Å². The third-order valence-corrected chi connectivity index (χ3v) is 5.91. The molecule has 0 spiro atoms. The van der Waals surface area contributed by atoms with Crippen LogP contribution in [0, 0.1) is 3.57 Å². The monoisotopic (exact) mass is 395 g/mol. The van der Waals surface area contributed by atoms with E-state index in [1.165, 1.54) is 3.57 Å². The average Bonchev–Trinajstić information content (AvgIpc) is 2.77. The van der Waals surface area contributed by atoms with E-state index in [2.05, 4.69) is 27.3 Å². The minimum Gasteiger partial charge on any atom is -0.379 e. The molecule has 0 aromatic heterocycles. The molecule has 4 nitrogen and oxygen atoms in total. The van der Waals surface area contributed by atoms with Crippen molar-refractivity contribution in [2.45, 2.75) is 31.1 Å². The number of hydrogen-bond acceptors (Lipinski definition) is 3. The molecular weight excluding hydrogens is 377 g/mol. The minimum absolute atomic E-state index is 0.0884. The summed E-state index contributed by atoms with van der Waals surface area (Å²) < 4.78 is 33.3. The predicted octanol–water partition coefficient (Wildman–Crippen LogP) is 2.10. The first-order chi connectivity index (χ1) is 8.90. The van der Waals surface area contributed by atoms with Gasteiger partial charge in [0.1, 0.15) is 0 Å². The van der Waals surface area contributed by atoms with E-state index in [1.54, 1.807) is 13.8 Å². The van der Waals surface area contributed by atoms with E-state index in [0.717, 1.165) is 5.56 Å². The SMILES string of the molecule is CC(C)S(=O)(=O)N[C@H]1COC[C@H]1c1ccc(I)cc1. The lowest BCUT2D eigenvalue weighted by molar-refractivity contribution is 0.189. The van der Waals surface area contributed by atoms with Crippen molar-refractivity contribution in [3.63, 3.8) is 0 Å². The molecule has 0 amide bonds. The fourth-order valence-electron chi connectivity index (χ4n) is 2.06. The van der Waals surface area contributed by atoms with Gasteiger partial charge < -0.3 is 4.74 Å². The van der Waals surface area contributed by atoms with Crippen LogP contribution in [-0.4, -0.2) is 32.9 Å². The molecule has 19 heavy (non-hydrogen) atoms. The summed E-state index contributed by atoms with van der Waals surface area (Å²) in [7, 11) is -3.26. The number of rotatable bonds is 4. The van der Waals surface area contributed by atoms with Crippen molar-refractivity contribution in [3.05, 3.63) is 33.4 Å². The van der Waals surface area contributed by atoms with Gasteiger partial charge in [0.05, 0.1) is 24.5 Å². The van der Waals surface area contributed by atoms with E-state index in [4.69, 9.17) is 4.74 Å². The fraction of sp³-hybridized carbons (Fsp3) is 0.538. The summed E-state index contributed by atoms with van der Waals surface area (Å²) in [5.41, 5.74) is 1.12. The summed E-state index contributed by atoms with van der Waals surface area (Å²) in [5, 5.41) is -0.425. The smallest absolute Gasteiger partial charge is 0.214 e. The van der Waals surface area contributed by atoms with Crippen LogP contribution in [-0.2, 0) is 14.8 Å². The van der Waals surface area contributed by atoms with Crippen LogP contribution in [0.5, 0.6) is 0 Å². The summed E-state index contributed by atoms with van der Waals surface area (Å²) in [4.78, 5) is 0. The van der Waals surface area contributed by atoms with Gasteiger partial charge in [0.2, 0.25) is 10.0 Å². The third kappa shape index (κ3) is 3.68. The maximum atomic E-state index is 11.9. The zero-order valence-corrected chi connectivity index (χ0v) is 13.9. The molecule has 0 radical (unpaired) electrons. The van der Waals surface area contributed by atoms with Crippen LogP contribution in [0.4, 0.5) is 0 Å². The lowest BCUT2D eigenvalue weighted by Crippen LogP contribution is -2.42. The zero-order chi connectivity index (χ0) is 14.0. The molecule has 1 aliphatic rings. The summed E-state index contributed by atoms with van der Waals surface area (Å²) in [6, 6.07) is 7.97. The van der Waals surface area contributed by atoms with Crippen LogP contribution in [0.1, 0.15) is 25.3 Å². The number of sulfonamides is 1. The van der Waals surface area contributed by atoms with Gasteiger partial charge in [-0.15, -0.1) is 0 Å². The fourth-order valence-corrected chi connectivity index (χ4v) is 3.34. The largest absolute Gasteiger partial charge is 0.379 e. The molecule has 1 aromatic carbocycles. The van der Waals surface area contributed by atoms with Crippen LogP contribution >= 0.6 is 22.6 Å². The lowest BCUT2D eigenvalue weighted by atomic mass is 9.95. The first kappa shape index (κ1) is 15.2. The minimum atomic E-state index is -3.26. The van der Waals surface area contributed by atoms with Crippen molar-refractivity contribution in [3.8, 4) is 0 Å². The number of benzene rings is 1. The van der Waals surface area contributed by atoms with Gasteiger partial charge in [-0.3, -0.25) is 0 Å². The molecule has 2 atom stereocenters. The third-order valence-electron chi connectivity index (χ3n) is 3.31.